The summed E-state index contributed by atoms with van der Waals surface area (Å²) in [5.41, 5.74) is 2.87. The van der Waals surface area contributed by atoms with Crippen molar-refractivity contribution in [3.8, 4) is 0 Å². The van der Waals surface area contributed by atoms with Gasteiger partial charge in [-0.1, -0.05) is 23.4 Å². The number of nitrogens with one attached hydrogen (secondary N) is 1. The lowest BCUT2D eigenvalue weighted by Crippen LogP contribution is -2.12. The van der Waals surface area contributed by atoms with E-state index < -0.39 is 0 Å². The van der Waals surface area contributed by atoms with Crippen molar-refractivity contribution in [2.24, 2.45) is 0 Å². The highest BCUT2D eigenvalue weighted by Crippen LogP contribution is 2.20. The Bertz CT molecular complexity index is 483. The van der Waals surface area contributed by atoms with Crippen molar-refractivity contribution >= 4 is 11.6 Å². The van der Waals surface area contributed by atoms with E-state index in [-0.39, 0.29) is 11.7 Å². The van der Waals surface area contributed by atoms with Crippen LogP contribution in [0.25, 0.3) is 0 Å². The molecule has 1 amide bonds. The first-order chi connectivity index (χ1) is 7.68. The van der Waals surface area contributed by atoms with Crippen molar-refractivity contribution < 1.29 is 9.32 Å². The molecule has 0 fully saturated rings. The fourth-order valence-corrected chi connectivity index (χ4v) is 1.52. The normalized spacial score (nSPS) is 10.1. The average Bonchev–Trinajstić information content (AvgIpc) is 2.76. The number of anilines is 1. The minimum atomic E-state index is -0.282. The maximum Gasteiger partial charge on any atom is 0.294 e. The number of amides is 1. The van der Waals surface area contributed by atoms with Gasteiger partial charge in [0.15, 0.2) is 0 Å². The number of nitrogens with zero attached hydrogens (tertiary/aromatic N) is 1. The molecule has 1 aromatic heterocycles. The number of aryl methyl sites for hydroxylation is 2. The summed E-state index contributed by atoms with van der Waals surface area (Å²) in [6, 6.07) is 7.38. The van der Waals surface area contributed by atoms with Crippen molar-refractivity contribution in [1.29, 1.82) is 0 Å². The van der Waals surface area contributed by atoms with E-state index >= 15 is 0 Å². The van der Waals surface area contributed by atoms with Gasteiger partial charge in [-0.05, 0) is 25.0 Å². The van der Waals surface area contributed by atoms with Crippen molar-refractivity contribution in [3.05, 3.63) is 47.3 Å². The molecule has 0 unspecified atom stereocenters. The molecule has 0 saturated carbocycles. The number of rotatable bonds is 2. The zero-order valence-corrected chi connectivity index (χ0v) is 9.15. The molecule has 0 radical (unpaired) electrons. The highest BCUT2D eigenvalue weighted by Gasteiger charge is 2.12. The van der Waals surface area contributed by atoms with Gasteiger partial charge in [0.2, 0.25) is 5.76 Å². The zero-order valence-electron chi connectivity index (χ0n) is 9.15. The van der Waals surface area contributed by atoms with Crippen LogP contribution in [0.4, 0.5) is 5.69 Å². The molecule has 0 aliphatic rings. The third kappa shape index (κ3) is 1.95. The first-order valence-corrected chi connectivity index (χ1v) is 4.97. The molecular weight excluding hydrogens is 204 g/mol. The van der Waals surface area contributed by atoms with Gasteiger partial charge in [0, 0.05) is 11.8 Å². The lowest BCUT2D eigenvalue weighted by atomic mass is 10.1. The maximum absolute atomic E-state index is 11.7. The molecule has 4 nitrogen and oxygen atoms in total. The molecule has 16 heavy (non-hydrogen) atoms. The van der Waals surface area contributed by atoms with E-state index in [4.69, 9.17) is 4.52 Å². The second-order valence-corrected chi connectivity index (χ2v) is 3.60. The van der Waals surface area contributed by atoms with Gasteiger partial charge in [0.25, 0.3) is 5.91 Å². The minimum absolute atomic E-state index is 0.211. The Kier molecular flexibility index (Phi) is 2.72. The van der Waals surface area contributed by atoms with E-state index in [1.165, 1.54) is 12.3 Å². The van der Waals surface area contributed by atoms with E-state index in [1.807, 2.05) is 32.0 Å². The van der Waals surface area contributed by atoms with Crippen LogP contribution in [0.5, 0.6) is 0 Å². The molecule has 0 bridgehead atoms. The van der Waals surface area contributed by atoms with E-state index in [2.05, 4.69) is 10.5 Å². The van der Waals surface area contributed by atoms with Crippen LogP contribution in [-0.4, -0.2) is 11.1 Å². The number of hydrogen-bond acceptors (Lipinski definition) is 3. The molecule has 1 N–H and O–H groups in total. The van der Waals surface area contributed by atoms with Crippen molar-refractivity contribution in [2.45, 2.75) is 13.8 Å². The molecule has 0 aliphatic heterocycles. The highest BCUT2D eigenvalue weighted by molar-refractivity contribution is 6.02. The Balaban J connectivity index is 2.25. The summed E-state index contributed by atoms with van der Waals surface area (Å²) >= 11 is 0. The molecule has 2 aromatic rings. The predicted octanol–water partition coefficient (Wildman–Crippen LogP) is 2.54. The number of hydrogen-bond donors (Lipinski definition) is 1. The Hall–Kier alpha value is -2.10. The zero-order chi connectivity index (χ0) is 11.5. The molecular formula is C12H12N2O2. The van der Waals surface area contributed by atoms with Gasteiger partial charge in [-0.25, -0.2) is 0 Å². The van der Waals surface area contributed by atoms with E-state index in [9.17, 15) is 4.79 Å². The molecule has 0 saturated heterocycles. The lowest BCUT2D eigenvalue weighted by molar-refractivity contribution is 0.0987. The molecule has 82 valence electrons. The van der Waals surface area contributed by atoms with Crippen LogP contribution >= 0.6 is 0 Å². The number of carbonyl (C=O) groups is 1. The topological polar surface area (TPSA) is 55.1 Å². The number of para-hydroxylation sites is 1. The number of aromatic nitrogens is 1. The standard InChI is InChI=1S/C12H12N2O2/c1-8-4-3-5-9(2)11(8)14-12(15)10-6-7-13-16-10/h3-7H,1-2H3,(H,14,15). The summed E-state index contributed by atoms with van der Waals surface area (Å²) in [5.74, 6) is -0.0717. The lowest BCUT2D eigenvalue weighted by Gasteiger charge is -2.09. The van der Waals surface area contributed by atoms with Crippen LogP contribution in [0.1, 0.15) is 21.7 Å². The van der Waals surface area contributed by atoms with Gasteiger partial charge in [-0.2, -0.15) is 0 Å². The molecule has 0 spiro atoms. The van der Waals surface area contributed by atoms with Gasteiger partial charge in [0.05, 0.1) is 6.20 Å². The number of benzene rings is 1. The Morgan fingerprint density at radius 3 is 2.50 bits per heavy atom. The predicted molar refractivity (Wildman–Crippen MR) is 60.4 cm³/mol. The van der Waals surface area contributed by atoms with E-state index in [1.54, 1.807) is 0 Å². The Morgan fingerprint density at radius 2 is 1.94 bits per heavy atom. The maximum atomic E-state index is 11.7. The molecule has 1 heterocycles. The van der Waals surface area contributed by atoms with E-state index in [0.717, 1.165) is 16.8 Å². The summed E-state index contributed by atoms with van der Waals surface area (Å²) < 4.78 is 4.79. The van der Waals surface area contributed by atoms with E-state index in [0.29, 0.717) is 0 Å². The quantitative estimate of drug-likeness (QED) is 0.839. The molecule has 0 aliphatic carbocycles. The summed E-state index contributed by atoms with van der Waals surface area (Å²) in [5, 5.41) is 6.30. The third-order valence-electron chi connectivity index (χ3n) is 2.38. The fourth-order valence-electron chi connectivity index (χ4n) is 1.52. The van der Waals surface area contributed by atoms with Crippen molar-refractivity contribution in [1.82, 2.24) is 5.16 Å². The smallest absolute Gasteiger partial charge is 0.294 e. The molecule has 1 aromatic carbocycles. The fraction of sp³-hybridized carbons (Fsp3) is 0.167. The van der Waals surface area contributed by atoms with Crippen molar-refractivity contribution in [2.75, 3.05) is 5.32 Å². The third-order valence-corrected chi connectivity index (χ3v) is 2.38. The second-order valence-electron chi connectivity index (χ2n) is 3.60. The monoisotopic (exact) mass is 216 g/mol. The van der Waals surface area contributed by atoms with Gasteiger partial charge >= 0.3 is 0 Å². The van der Waals surface area contributed by atoms with Gasteiger partial charge in [0.1, 0.15) is 0 Å². The molecule has 0 atom stereocenters. The first-order valence-electron chi connectivity index (χ1n) is 4.97. The number of carbonyl (C=O) groups excluding carboxylic acids is 1. The van der Waals surface area contributed by atoms with Crippen LogP contribution in [-0.2, 0) is 0 Å². The molecule has 4 heteroatoms. The largest absolute Gasteiger partial charge is 0.351 e. The Labute approximate surface area is 93.3 Å². The highest BCUT2D eigenvalue weighted by atomic mass is 16.5. The van der Waals surface area contributed by atoms with Crippen LogP contribution in [0.15, 0.2) is 35.0 Å². The summed E-state index contributed by atoms with van der Waals surface area (Å²) in [6.45, 7) is 3.89. The SMILES string of the molecule is Cc1cccc(C)c1NC(=O)c1ccno1. The van der Waals surface area contributed by atoms with Crippen LogP contribution in [0, 0.1) is 13.8 Å². The van der Waals surface area contributed by atoms with Gasteiger partial charge < -0.3 is 9.84 Å². The van der Waals surface area contributed by atoms with Crippen LogP contribution in [0.2, 0.25) is 0 Å². The van der Waals surface area contributed by atoms with Gasteiger partial charge in [-0.15, -0.1) is 0 Å². The summed E-state index contributed by atoms with van der Waals surface area (Å²) in [4.78, 5) is 11.7. The first kappa shape index (κ1) is 10.4. The molecule has 2 rings (SSSR count). The van der Waals surface area contributed by atoms with Crippen molar-refractivity contribution in [3.63, 3.8) is 0 Å². The summed E-state index contributed by atoms with van der Waals surface area (Å²) in [6.07, 6.45) is 1.44. The average molecular weight is 216 g/mol. The Morgan fingerprint density at radius 1 is 1.25 bits per heavy atom. The van der Waals surface area contributed by atoms with Crippen LogP contribution < -0.4 is 5.32 Å². The summed E-state index contributed by atoms with van der Waals surface area (Å²) in [7, 11) is 0. The van der Waals surface area contributed by atoms with Crippen LogP contribution in [0.3, 0.4) is 0 Å². The van der Waals surface area contributed by atoms with Gasteiger partial charge in [-0.3, -0.25) is 4.79 Å². The minimum Gasteiger partial charge on any atom is -0.351 e. The second kappa shape index (κ2) is 4.18.